The molecule has 0 aliphatic carbocycles. The minimum absolute atomic E-state index is 0.0138. The third-order valence-corrected chi connectivity index (χ3v) is 3.68. The van der Waals surface area contributed by atoms with Gasteiger partial charge in [0, 0.05) is 24.9 Å². The van der Waals surface area contributed by atoms with Gasteiger partial charge in [-0.3, -0.25) is 9.59 Å². The summed E-state index contributed by atoms with van der Waals surface area (Å²) in [6.07, 6.45) is 1.67. The van der Waals surface area contributed by atoms with E-state index in [1.807, 2.05) is 45.0 Å². The number of hydrogen-bond donors (Lipinski definition) is 1. The molecule has 0 aromatic heterocycles. The van der Waals surface area contributed by atoms with Crippen molar-refractivity contribution in [1.82, 2.24) is 5.32 Å². The van der Waals surface area contributed by atoms with E-state index >= 15 is 0 Å². The first-order valence-corrected chi connectivity index (χ1v) is 7.81. The van der Waals surface area contributed by atoms with E-state index < -0.39 is 11.8 Å². The normalized spacial score (nSPS) is 16.7. The number of para-hydroxylation sites is 1. The van der Waals surface area contributed by atoms with Crippen molar-refractivity contribution in [3.05, 3.63) is 29.8 Å². The Labute approximate surface area is 131 Å². The highest BCUT2D eigenvalue weighted by Gasteiger charge is 2.33. The van der Waals surface area contributed by atoms with Crippen LogP contribution >= 0.6 is 0 Å². The lowest BCUT2D eigenvalue weighted by Gasteiger charge is -2.22. The Morgan fingerprint density at radius 1 is 1.36 bits per heavy atom. The molecule has 2 rings (SSSR count). The predicted octanol–water partition coefficient (Wildman–Crippen LogP) is 1.90. The van der Waals surface area contributed by atoms with Gasteiger partial charge in [0.2, 0.25) is 0 Å². The lowest BCUT2D eigenvalue weighted by Crippen LogP contribution is -2.46. The van der Waals surface area contributed by atoms with E-state index in [0.29, 0.717) is 19.6 Å². The molecule has 1 atom stereocenters. The second kappa shape index (κ2) is 7.40. The molecule has 1 aliphatic rings. The van der Waals surface area contributed by atoms with Gasteiger partial charge in [-0.25, -0.2) is 0 Å². The number of nitrogens with zero attached hydrogens (tertiary/aromatic N) is 1. The highest BCUT2D eigenvalue weighted by atomic mass is 16.5. The van der Waals surface area contributed by atoms with Crippen LogP contribution in [0.4, 0.5) is 5.69 Å². The maximum Gasteiger partial charge on any atom is 0.316 e. The predicted molar refractivity (Wildman–Crippen MR) is 85.8 cm³/mol. The Balaban J connectivity index is 1.87. The molecule has 0 saturated carbocycles. The average molecular weight is 304 g/mol. The zero-order valence-electron chi connectivity index (χ0n) is 13.5. The molecular weight excluding hydrogens is 280 g/mol. The van der Waals surface area contributed by atoms with Gasteiger partial charge >= 0.3 is 11.8 Å². The van der Waals surface area contributed by atoms with Crippen LogP contribution in [0.15, 0.2) is 24.3 Å². The van der Waals surface area contributed by atoms with Gasteiger partial charge in [-0.05, 0) is 45.2 Å². The van der Waals surface area contributed by atoms with Gasteiger partial charge in [-0.2, -0.15) is 0 Å². The Morgan fingerprint density at radius 3 is 2.82 bits per heavy atom. The minimum Gasteiger partial charge on any atom is -0.379 e. The van der Waals surface area contributed by atoms with Gasteiger partial charge in [0.05, 0.1) is 6.10 Å². The average Bonchev–Trinajstić information content (AvgIpc) is 2.81. The first-order chi connectivity index (χ1) is 10.5. The lowest BCUT2D eigenvalue weighted by atomic mass is 10.1. The highest BCUT2D eigenvalue weighted by molar-refractivity contribution is 6.40. The van der Waals surface area contributed by atoms with Crippen LogP contribution in [0, 0.1) is 0 Å². The van der Waals surface area contributed by atoms with Gasteiger partial charge in [0.15, 0.2) is 0 Å². The SMILES string of the molecule is CC(C)OCCCNC(=O)C(=O)N1c2ccccc2CC1C. The van der Waals surface area contributed by atoms with Crippen LogP contribution in [0.3, 0.4) is 0 Å². The molecule has 0 saturated heterocycles. The summed E-state index contributed by atoms with van der Waals surface area (Å²) in [7, 11) is 0. The molecule has 2 amide bonds. The van der Waals surface area contributed by atoms with Crippen LogP contribution in [0.2, 0.25) is 0 Å². The fourth-order valence-corrected chi connectivity index (χ4v) is 2.65. The van der Waals surface area contributed by atoms with Gasteiger partial charge in [-0.1, -0.05) is 18.2 Å². The molecule has 1 aromatic carbocycles. The van der Waals surface area contributed by atoms with E-state index in [1.165, 1.54) is 0 Å². The Hall–Kier alpha value is -1.88. The van der Waals surface area contributed by atoms with E-state index in [4.69, 9.17) is 4.74 Å². The number of fused-ring (bicyclic) bond motifs is 1. The molecule has 1 unspecified atom stereocenters. The van der Waals surface area contributed by atoms with E-state index in [0.717, 1.165) is 17.7 Å². The molecule has 1 N–H and O–H groups in total. The standard InChI is InChI=1S/C17H24N2O3/c1-12(2)22-10-6-9-18-16(20)17(21)19-13(3)11-14-7-4-5-8-15(14)19/h4-5,7-8,12-13H,6,9-11H2,1-3H3,(H,18,20). The molecule has 1 heterocycles. The summed E-state index contributed by atoms with van der Waals surface area (Å²) in [5, 5.41) is 2.67. The smallest absolute Gasteiger partial charge is 0.316 e. The summed E-state index contributed by atoms with van der Waals surface area (Å²) in [6.45, 7) is 6.92. The van der Waals surface area contributed by atoms with E-state index in [9.17, 15) is 9.59 Å². The molecule has 0 bridgehead atoms. The maximum absolute atomic E-state index is 12.4. The van der Waals surface area contributed by atoms with Crippen molar-refractivity contribution < 1.29 is 14.3 Å². The van der Waals surface area contributed by atoms with Crippen LogP contribution in [-0.2, 0) is 20.7 Å². The van der Waals surface area contributed by atoms with Crippen LogP contribution in [-0.4, -0.2) is 37.1 Å². The molecule has 0 spiro atoms. The summed E-state index contributed by atoms with van der Waals surface area (Å²) in [6, 6.07) is 7.74. The fraction of sp³-hybridized carbons (Fsp3) is 0.529. The molecule has 1 aliphatic heterocycles. The second-order valence-corrected chi connectivity index (χ2v) is 5.89. The van der Waals surface area contributed by atoms with Crippen molar-refractivity contribution in [2.24, 2.45) is 0 Å². The summed E-state index contributed by atoms with van der Waals surface area (Å²) >= 11 is 0. The molecule has 1 aromatic rings. The largest absolute Gasteiger partial charge is 0.379 e. The van der Waals surface area contributed by atoms with Crippen LogP contribution in [0.5, 0.6) is 0 Å². The number of amides is 2. The van der Waals surface area contributed by atoms with Crippen molar-refractivity contribution in [3.8, 4) is 0 Å². The van der Waals surface area contributed by atoms with Gasteiger partial charge < -0.3 is 15.0 Å². The summed E-state index contributed by atoms with van der Waals surface area (Å²) in [5.41, 5.74) is 1.96. The van der Waals surface area contributed by atoms with Crippen molar-refractivity contribution in [2.45, 2.75) is 45.8 Å². The number of anilines is 1. The molecular formula is C17H24N2O3. The summed E-state index contributed by atoms with van der Waals surface area (Å²) in [4.78, 5) is 26.0. The maximum atomic E-state index is 12.4. The molecule has 0 fully saturated rings. The third kappa shape index (κ3) is 3.85. The summed E-state index contributed by atoms with van der Waals surface area (Å²) in [5.74, 6) is -1.03. The summed E-state index contributed by atoms with van der Waals surface area (Å²) < 4.78 is 5.40. The first-order valence-electron chi connectivity index (χ1n) is 7.81. The van der Waals surface area contributed by atoms with E-state index in [-0.39, 0.29) is 12.1 Å². The molecule has 5 heteroatoms. The van der Waals surface area contributed by atoms with Crippen molar-refractivity contribution >= 4 is 17.5 Å². The minimum atomic E-state index is -0.548. The zero-order chi connectivity index (χ0) is 16.1. The number of carbonyl (C=O) groups is 2. The highest BCUT2D eigenvalue weighted by Crippen LogP contribution is 2.31. The molecule has 0 radical (unpaired) electrons. The van der Waals surface area contributed by atoms with Crippen molar-refractivity contribution in [1.29, 1.82) is 0 Å². The van der Waals surface area contributed by atoms with E-state index in [2.05, 4.69) is 5.32 Å². The van der Waals surface area contributed by atoms with Crippen molar-refractivity contribution in [2.75, 3.05) is 18.1 Å². The Kier molecular flexibility index (Phi) is 5.55. The zero-order valence-corrected chi connectivity index (χ0v) is 13.5. The molecule has 5 nitrogen and oxygen atoms in total. The number of carbonyl (C=O) groups excluding carboxylic acids is 2. The fourth-order valence-electron chi connectivity index (χ4n) is 2.65. The monoisotopic (exact) mass is 304 g/mol. The van der Waals surface area contributed by atoms with Crippen LogP contribution in [0.25, 0.3) is 0 Å². The number of hydrogen-bond acceptors (Lipinski definition) is 3. The quantitative estimate of drug-likeness (QED) is 0.667. The third-order valence-electron chi connectivity index (χ3n) is 3.68. The van der Waals surface area contributed by atoms with Gasteiger partial charge in [0.1, 0.15) is 0 Å². The number of rotatable bonds is 5. The van der Waals surface area contributed by atoms with Crippen LogP contribution in [0.1, 0.15) is 32.8 Å². The molecule has 22 heavy (non-hydrogen) atoms. The topological polar surface area (TPSA) is 58.6 Å². The Morgan fingerprint density at radius 2 is 2.09 bits per heavy atom. The van der Waals surface area contributed by atoms with Gasteiger partial charge in [-0.15, -0.1) is 0 Å². The lowest BCUT2D eigenvalue weighted by molar-refractivity contribution is -0.137. The van der Waals surface area contributed by atoms with Crippen molar-refractivity contribution in [3.63, 3.8) is 0 Å². The number of ether oxygens (including phenoxy) is 1. The Bertz CT molecular complexity index is 542. The molecule has 120 valence electrons. The second-order valence-electron chi connectivity index (χ2n) is 5.89. The van der Waals surface area contributed by atoms with E-state index in [1.54, 1.807) is 4.90 Å². The number of nitrogens with one attached hydrogen (secondary N) is 1. The number of benzene rings is 1. The van der Waals surface area contributed by atoms with Gasteiger partial charge in [0.25, 0.3) is 0 Å². The first kappa shape index (κ1) is 16.5. The van der Waals surface area contributed by atoms with Crippen LogP contribution < -0.4 is 10.2 Å².